The molecule has 1 saturated heterocycles. The second-order valence-corrected chi connectivity index (χ2v) is 6.37. The fourth-order valence-electron chi connectivity index (χ4n) is 2.93. The summed E-state index contributed by atoms with van der Waals surface area (Å²) < 4.78 is 0. The second kappa shape index (κ2) is 7.49. The summed E-state index contributed by atoms with van der Waals surface area (Å²) in [7, 11) is 2.03. The first kappa shape index (κ1) is 17.8. The van der Waals surface area contributed by atoms with Crippen LogP contribution in [0.4, 0.5) is 17.2 Å². The Morgan fingerprint density at radius 3 is 2.58 bits per heavy atom. The van der Waals surface area contributed by atoms with Gasteiger partial charge < -0.3 is 15.1 Å². The van der Waals surface area contributed by atoms with E-state index >= 15 is 0 Å². The van der Waals surface area contributed by atoms with Crippen molar-refractivity contribution in [3.63, 3.8) is 0 Å². The molecule has 1 aliphatic heterocycles. The maximum atomic E-state index is 12.4. The van der Waals surface area contributed by atoms with Crippen molar-refractivity contribution >= 4 is 23.1 Å². The number of aromatic nitrogens is 1. The van der Waals surface area contributed by atoms with Gasteiger partial charge in [0.1, 0.15) is 11.5 Å². The number of anilines is 2. The summed E-state index contributed by atoms with van der Waals surface area (Å²) in [5.41, 5.74) is 1.50. The first-order valence-corrected chi connectivity index (χ1v) is 8.41. The third-order valence-corrected chi connectivity index (χ3v) is 4.41. The number of carbonyl (C=O) groups excluding carboxylic acids is 1. The third-order valence-electron chi connectivity index (χ3n) is 4.41. The molecule has 0 aliphatic carbocycles. The molecule has 0 bridgehead atoms. The van der Waals surface area contributed by atoms with Crippen LogP contribution in [0.3, 0.4) is 0 Å². The number of likely N-dealkylation sites (N-methyl/N-ethyl adjacent to an activating group) is 1. The maximum absolute atomic E-state index is 12.4. The first-order chi connectivity index (χ1) is 12.4. The summed E-state index contributed by atoms with van der Waals surface area (Å²) in [5, 5.41) is 14.2. The highest BCUT2D eigenvalue weighted by molar-refractivity contribution is 6.04. The molecular formula is C18H21N5O3. The van der Waals surface area contributed by atoms with Crippen LogP contribution in [0.25, 0.3) is 0 Å². The molecule has 3 rings (SSSR count). The molecular weight excluding hydrogens is 334 g/mol. The van der Waals surface area contributed by atoms with Crippen molar-refractivity contribution in [2.24, 2.45) is 0 Å². The zero-order valence-corrected chi connectivity index (χ0v) is 14.8. The Morgan fingerprint density at radius 1 is 1.19 bits per heavy atom. The fraction of sp³-hybridized carbons (Fsp3) is 0.333. The zero-order valence-electron chi connectivity index (χ0n) is 14.8. The fourth-order valence-corrected chi connectivity index (χ4v) is 2.93. The number of nitro groups is 1. The number of nitrogens with zero attached hydrogens (tertiary/aromatic N) is 4. The summed E-state index contributed by atoms with van der Waals surface area (Å²) in [5.74, 6) is -0.00285. The first-order valence-electron chi connectivity index (χ1n) is 8.41. The lowest BCUT2D eigenvalue weighted by Crippen LogP contribution is -2.44. The smallest absolute Gasteiger partial charge is 0.293 e. The van der Waals surface area contributed by atoms with E-state index in [1.54, 1.807) is 24.3 Å². The van der Waals surface area contributed by atoms with Crippen LogP contribution in [0.1, 0.15) is 16.1 Å². The number of nitro benzene ring substituents is 1. The molecule has 2 aromatic rings. The Hall–Kier alpha value is -3.00. The molecule has 0 saturated carbocycles. The number of hydrogen-bond acceptors (Lipinski definition) is 6. The molecule has 0 unspecified atom stereocenters. The molecule has 2 heterocycles. The van der Waals surface area contributed by atoms with Crippen LogP contribution in [-0.2, 0) is 0 Å². The van der Waals surface area contributed by atoms with Gasteiger partial charge in [-0.05, 0) is 38.2 Å². The van der Waals surface area contributed by atoms with Crippen LogP contribution in [0.2, 0.25) is 0 Å². The molecule has 136 valence electrons. The van der Waals surface area contributed by atoms with Crippen LogP contribution in [0, 0.1) is 17.0 Å². The van der Waals surface area contributed by atoms with E-state index in [9.17, 15) is 14.9 Å². The van der Waals surface area contributed by atoms with E-state index in [0.29, 0.717) is 11.5 Å². The van der Waals surface area contributed by atoms with Crippen molar-refractivity contribution in [1.29, 1.82) is 0 Å². The Balaban J connectivity index is 1.83. The van der Waals surface area contributed by atoms with Gasteiger partial charge in [-0.15, -0.1) is 0 Å². The number of carbonyl (C=O) groups is 1. The normalized spacial score (nSPS) is 14.9. The van der Waals surface area contributed by atoms with Crippen molar-refractivity contribution in [1.82, 2.24) is 9.88 Å². The number of pyridine rings is 1. The van der Waals surface area contributed by atoms with Gasteiger partial charge in [-0.25, -0.2) is 4.98 Å². The quantitative estimate of drug-likeness (QED) is 0.668. The summed E-state index contributed by atoms with van der Waals surface area (Å²) in [6.07, 6.45) is 0. The predicted octanol–water partition coefficient (Wildman–Crippen LogP) is 2.30. The number of amides is 1. The topological polar surface area (TPSA) is 91.6 Å². The molecule has 8 nitrogen and oxygen atoms in total. The van der Waals surface area contributed by atoms with Gasteiger partial charge in [0.05, 0.1) is 4.92 Å². The maximum Gasteiger partial charge on any atom is 0.293 e. The Morgan fingerprint density at radius 2 is 1.92 bits per heavy atom. The van der Waals surface area contributed by atoms with Gasteiger partial charge >= 0.3 is 0 Å². The van der Waals surface area contributed by atoms with Crippen LogP contribution < -0.4 is 10.2 Å². The van der Waals surface area contributed by atoms with Gasteiger partial charge in [0.25, 0.3) is 11.6 Å². The number of benzene rings is 1. The van der Waals surface area contributed by atoms with Crippen molar-refractivity contribution < 1.29 is 9.72 Å². The molecule has 26 heavy (non-hydrogen) atoms. The van der Waals surface area contributed by atoms with Crippen LogP contribution >= 0.6 is 0 Å². The van der Waals surface area contributed by atoms with Crippen molar-refractivity contribution in [2.75, 3.05) is 43.4 Å². The zero-order chi connectivity index (χ0) is 18.7. The minimum atomic E-state index is -0.435. The third kappa shape index (κ3) is 3.97. The second-order valence-electron chi connectivity index (χ2n) is 6.37. The average Bonchev–Trinajstić information content (AvgIpc) is 2.62. The number of nitrogens with one attached hydrogen (secondary N) is 1. The highest BCUT2D eigenvalue weighted by Crippen LogP contribution is 2.30. The molecule has 8 heteroatoms. The van der Waals surface area contributed by atoms with E-state index < -0.39 is 10.8 Å². The number of piperazine rings is 1. The van der Waals surface area contributed by atoms with E-state index in [0.717, 1.165) is 31.9 Å². The highest BCUT2D eigenvalue weighted by Gasteiger charge is 2.24. The lowest BCUT2D eigenvalue weighted by molar-refractivity contribution is -0.384. The van der Waals surface area contributed by atoms with Crippen molar-refractivity contribution in [2.45, 2.75) is 6.92 Å². The van der Waals surface area contributed by atoms with Crippen LogP contribution in [0.5, 0.6) is 0 Å². The highest BCUT2D eigenvalue weighted by atomic mass is 16.6. The van der Waals surface area contributed by atoms with Gasteiger partial charge in [-0.2, -0.15) is 0 Å². The van der Waals surface area contributed by atoms with E-state index in [4.69, 9.17) is 0 Å². The molecule has 1 aromatic heterocycles. The Kier molecular flexibility index (Phi) is 5.13. The summed E-state index contributed by atoms with van der Waals surface area (Å²) in [6, 6.07) is 9.90. The lowest BCUT2D eigenvalue weighted by atomic mass is 10.1. The van der Waals surface area contributed by atoms with E-state index in [1.165, 1.54) is 6.07 Å². The van der Waals surface area contributed by atoms with Crippen molar-refractivity contribution in [3.05, 3.63) is 57.8 Å². The largest absolute Gasteiger partial charge is 0.363 e. The molecule has 0 spiro atoms. The Labute approximate surface area is 151 Å². The predicted molar refractivity (Wildman–Crippen MR) is 99.7 cm³/mol. The minimum absolute atomic E-state index is 0.0561. The van der Waals surface area contributed by atoms with Gasteiger partial charge in [-0.3, -0.25) is 14.9 Å². The standard InChI is InChI=1S/C18H21N5O3/c1-13-4-3-5-17(19-13)20-18(24)14-6-7-15(16(12-14)23(25)26)22-10-8-21(2)9-11-22/h3-7,12H,8-11H2,1-2H3,(H,19,20,24). The van der Waals surface area contributed by atoms with Crippen LogP contribution in [-0.4, -0.2) is 53.9 Å². The molecule has 1 aliphatic rings. The molecule has 0 radical (unpaired) electrons. The van der Waals surface area contributed by atoms with Gasteiger partial charge in [0.15, 0.2) is 0 Å². The summed E-state index contributed by atoms with van der Waals surface area (Å²) in [4.78, 5) is 31.9. The van der Waals surface area contributed by atoms with E-state index in [2.05, 4.69) is 15.2 Å². The summed E-state index contributed by atoms with van der Waals surface area (Å²) >= 11 is 0. The monoisotopic (exact) mass is 355 g/mol. The molecule has 1 fully saturated rings. The van der Waals surface area contributed by atoms with E-state index in [-0.39, 0.29) is 11.3 Å². The summed E-state index contributed by atoms with van der Waals surface area (Å²) in [6.45, 7) is 4.95. The van der Waals surface area contributed by atoms with Crippen LogP contribution in [0.15, 0.2) is 36.4 Å². The number of aryl methyl sites for hydroxylation is 1. The van der Waals surface area contributed by atoms with Gasteiger partial charge in [0.2, 0.25) is 0 Å². The molecule has 1 aromatic carbocycles. The van der Waals surface area contributed by atoms with Gasteiger partial charge in [-0.1, -0.05) is 6.07 Å². The molecule has 1 N–H and O–H groups in total. The lowest BCUT2D eigenvalue weighted by Gasteiger charge is -2.33. The van der Waals surface area contributed by atoms with Crippen molar-refractivity contribution in [3.8, 4) is 0 Å². The number of hydrogen-bond donors (Lipinski definition) is 1. The average molecular weight is 355 g/mol. The number of rotatable bonds is 4. The molecule has 0 atom stereocenters. The molecule has 1 amide bonds. The van der Waals surface area contributed by atoms with Gasteiger partial charge in [0, 0.05) is 43.5 Å². The SMILES string of the molecule is Cc1cccc(NC(=O)c2ccc(N3CCN(C)CC3)c([N+](=O)[O-])c2)n1. The minimum Gasteiger partial charge on any atom is -0.363 e. The van der Waals surface area contributed by atoms with E-state index in [1.807, 2.05) is 24.9 Å². The Bertz CT molecular complexity index is 831.